The lowest BCUT2D eigenvalue weighted by atomic mass is 10.0. The molecule has 0 radical (unpaired) electrons. The average Bonchev–Trinajstić information content (AvgIpc) is 3.11. The van der Waals surface area contributed by atoms with Gasteiger partial charge in [-0.05, 0) is 37.6 Å². The quantitative estimate of drug-likeness (QED) is 0.889. The van der Waals surface area contributed by atoms with Crippen LogP contribution in [0.15, 0.2) is 41.8 Å². The van der Waals surface area contributed by atoms with Crippen molar-refractivity contribution in [3.63, 3.8) is 0 Å². The minimum absolute atomic E-state index is 0.0951. The Morgan fingerprint density at radius 3 is 2.52 bits per heavy atom. The number of rotatable bonds is 5. The second kappa shape index (κ2) is 8.08. The summed E-state index contributed by atoms with van der Waals surface area (Å²) in [6.45, 7) is 5.94. The van der Waals surface area contributed by atoms with Crippen LogP contribution in [0.1, 0.15) is 28.2 Å². The smallest absolute Gasteiger partial charge is 0.254 e. The fourth-order valence-electron chi connectivity index (χ4n) is 3.31. The minimum atomic E-state index is -0.487. The molecule has 0 saturated carbocycles. The van der Waals surface area contributed by atoms with Crippen molar-refractivity contribution in [3.05, 3.63) is 58.0 Å². The fraction of sp³-hybridized carbons (Fsp3) is 0.421. The van der Waals surface area contributed by atoms with Crippen LogP contribution in [-0.4, -0.2) is 55.0 Å². The van der Waals surface area contributed by atoms with Gasteiger partial charge >= 0.3 is 0 Å². The van der Waals surface area contributed by atoms with Crippen LogP contribution < -0.4 is 5.32 Å². The summed E-state index contributed by atoms with van der Waals surface area (Å²) in [7, 11) is 2.13. The molecule has 0 aliphatic carbocycles. The summed E-state index contributed by atoms with van der Waals surface area (Å²) in [5.74, 6) is -0.847. The lowest BCUT2D eigenvalue weighted by molar-refractivity contribution is 0.0796. The molecule has 6 heteroatoms. The highest BCUT2D eigenvalue weighted by atomic mass is 32.1. The molecule has 1 saturated heterocycles. The van der Waals surface area contributed by atoms with E-state index in [0.717, 1.165) is 26.2 Å². The van der Waals surface area contributed by atoms with Crippen LogP contribution in [0.3, 0.4) is 0 Å². The third-order valence-corrected chi connectivity index (χ3v) is 5.66. The Morgan fingerprint density at radius 1 is 1.16 bits per heavy atom. The van der Waals surface area contributed by atoms with Gasteiger partial charge in [0.25, 0.3) is 5.91 Å². The van der Waals surface area contributed by atoms with E-state index in [1.54, 1.807) is 23.5 Å². The number of nitrogens with zero attached hydrogens (tertiary/aromatic N) is 2. The Morgan fingerprint density at radius 2 is 1.88 bits per heavy atom. The van der Waals surface area contributed by atoms with Gasteiger partial charge in [-0.2, -0.15) is 0 Å². The molecule has 0 spiro atoms. The van der Waals surface area contributed by atoms with Crippen molar-refractivity contribution in [2.45, 2.75) is 19.0 Å². The van der Waals surface area contributed by atoms with Crippen LogP contribution in [-0.2, 0) is 0 Å². The summed E-state index contributed by atoms with van der Waals surface area (Å²) in [6, 6.07) is 10.2. The first-order chi connectivity index (χ1) is 12.1. The van der Waals surface area contributed by atoms with Gasteiger partial charge in [0, 0.05) is 37.1 Å². The number of nitrogens with one attached hydrogen (secondary N) is 1. The number of thiophene rings is 1. The van der Waals surface area contributed by atoms with Crippen molar-refractivity contribution >= 4 is 17.2 Å². The van der Waals surface area contributed by atoms with Crippen molar-refractivity contribution in [3.8, 4) is 0 Å². The van der Waals surface area contributed by atoms with Gasteiger partial charge in [0.2, 0.25) is 0 Å². The highest BCUT2D eigenvalue weighted by Gasteiger charge is 2.30. The number of halogens is 1. The summed E-state index contributed by atoms with van der Waals surface area (Å²) < 4.78 is 13.9. The maximum atomic E-state index is 13.9. The first-order valence-electron chi connectivity index (χ1n) is 8.57. The molecule has 1 aromatic carbocycles. The molecule has 25 heavy (non-hydrogen) atoms. The molecule has 1 fully saturated rings. The molecule has 134 valence electrons. The third-order valence-electron chi connectivity index (χ3n) is 4.72. The standard InChI is InChI=1S/C19H24FN3OS/c1-14(21-19(24)15-6-3-4-7-16(15)20)18(17-8-5-13-25-17)23-11-9-22(2)10-12-23/h3-8,13-14,18H,9-12H2,1-2H3,(H,21,24). The van der Waals surface area contributed by atoms with Gasteiger partial charge in [-0.3, -0.25) is 9.69 Å². The Labute approximate surface area is 152 Å². The van der Waals surface area contributed by atoms with E-state index in [1.165, 1.54) is 17.0 Å². The molecule has 2 atom stereocenters. The number of benzene rings is 1. The van der Waals surface area contributed by atoms with E-state index >= 15 is 0 Å². The van der Waals surface area contributed by atoms with Crippen LogP contribution in [0.2, 0.25) is 0 Å². The van der Waals surface area contributed by atoms with Gasteiger partial charge in [-0.1, -0.05) is 18.2 Å². The number of carbonyl (C=O) groups excluding carboxylic acids is 1. The molecule has 2 heterocycles. The molecule has 1 aliphatic heterocycles. The van der Waals surface area contributed by atoms with Gasteiger partial charge in [0.1, 0.15) is 5.82 Å². The van der Waals surface area contributed by atoms with E-state index < -0.39 is 5.82 Å². The predicted octanol–water partition coefficient (Wildman–Crippen LogP) is 2.99. The van der Waals surface area contributed by atoms with Crippen LogP contribution in [0, 0.1) is 5.82 Å². The lowest BCUT2D eigenvalue weighted by Crippen LogP contribution is -2.51. The second-order valence-electron chi connectivity index (χ2n) is 6.54. The SMILES string of the molecule is CC(NC(=O)c1ccccc1F)C(c1cccs1)N1CCN(C)CC1. The number of carbonyl (C=O) groups is 1. The van der Waals surface area contributed by atoms with Crippen LogP contribution in [0.25, 0.3) is 0 Å². The van der Waals surface area contributed by atoms with E-state index in [1.807, 2.05) is 13.0 Å². The number of hydrogen-bond acceptors (Lipinski definition) is 4. The van der Waals surface area contributed by atoms with Gasteiger partial charge in [-0.25, -0.2) is 4.39 Å². The summed E-state index contributed by atoms with van der Waals surface area (Å²) in [4.78, 5) is 18.5. The zero-order valence-electron chi connectivity index (χ0n) is 14.6. The molecule has 0 bridgehead atoms. The Bertz CT molecular complexity index is 698. The number of piperazine rings is 1. The predicted molar refractivity (Wildman–Crippen MR) is 99.5 cm³/mol. The minimum Gasteiger partial charge on any atom is -0.348 e. The van der Waals surface area contributed by atoms with Crippen molar-refractivity contribution in [1.82, 2.24) is 15.1 Å². The number of hydrogen-bond donors (Lipinski definition) is 1. The van der Waals surface area contributed by atoms with E-state index in [4.69, 9.17) is 0 Å². The molecular weight excluding hydrogens is 337 g/mol. The van der Waals surface area contributed by atoms with Gasteiger partial charge in [0.15, 0.2) is 0 Å². The zero-order chi connectivity index (χ0) is 17.8. The van der Waals surface area contributed by atoms with Gasteiger partial charge < -0.3 is 10.2 Å². The van der Waals surface area contributed by atoms with Crippen molar-refractivity contribution in [2.24, 2.45) is 0 Å². The normalized spacial score (nSPS) is 18.7. The van der Waals surface area contributed by atoms with Crippen LogP contribution in [0.5, 0.6) is 0 Å². The van der Waals surface area contributed by atoms with E-state index in [-0.39, 0.29) is 23.6 Å². The largest absolute Gasteiger partial charge is 0.348 e. The highest BCUT2D eigenvalue weighted by Crippen LogP contribution is 2.29. The van der Waals surface area contributed by atoms with Crippen LogP contribution >= 0.6 is 11.3 Å². The topological polar surface area (TPSA) is 35.6 Å². The number of amides is 1. The van der Waals surface area contributed by atoms with E-state index in [2.05, 4.69) is 33.6 Å². The monoisotopic (exact) mass is 361 g/mol. The van der Waals surface area contributed by atoms with Crippen molar-refractivity contribution in [2.75, 3.05) is 33.2 Å². The van der Waals surface area contributed by atoms with E-state index in [0.29, 0.717) is 0 Å². The third kappa shape index (κ3) is 4.26. The summed E-state index contributed by atoms with van der Waals surface area (Å²) in [5.41, 5.74) is 0.0951. The Hall–Kier alpha value is -1.76. The lowest BCUT2D eigenvalue weighted by Gasteiger charge is -2.40. The number of likely N-dealkylation sites (N-methyl/N-ethyl adjacent to an activating group) is 1. The fourth-order valence-corrected chi connectivity index (χ4v) is 4.28. The Balaban J connectivity index is 1.76. The van der Waals surface area contributed by atoms with Crippen LogP contribution in [0.4, 0.5) is 4.39 Å². The highest BCUT2D eigenvalue weighted by molar-refractivity contribution is 7.10. The zero-order valence-corrected chi connectivity index (χ0v) is 15.4. The van der Waals surface area contributed by atoms with Crippen molar-refractivity contribution < 1.29 is 9.18 Å². The molecule has 1 aromatic heterocycles. The molecule has 2 unspecified atom stereocenters. The second-order valence-corrected chi connectivity index (χ2v) is 7.52. The molecule has 2 aromatic rings. The first-order valence-corrected chi connectivity index (χ1v) is 9.45. The van der Waals surface area contributed by atoms with Gasteiger partial charge in [-0.15, -0.1) is 11.3 Å². The Kier molecular flexibility index (Phi) is 5.83. The molecule has 1 aliphatic rings. The first kappa shape index (κ1) is 18.0. The summed E-state index contributed by atoms with van der Waals surface area (Å²) >= 11 is 1.70. The maximum absolute atomic E-state index is 13.9. The molecule has 1 amide bonds. The molecule has 1 N–H and O–H groups in total. The maximum Gasteiger partial charge on any atom is 0.254 e. The van der Waals surface area contributed by atoms with Gasteiger partial charge in [0.05, 0.1) is 11.6 Å². The molecule has 3 rings (SSSR count). The average molecular weight is 361 g/mol. The van der Waals surface area contributed by atoms with E-state index in [9.17, 15) is 9.18 Å². The molecule has 4 nitrogen and oxygen atoms in total. The summed E-state index contributed by atoms with van der Waals surface area (Å²) in [5, 5.41) is 5.07. The summed E-state index contributed by atoms with van der Waals surface area (Å²) in [6.07, 6.45) is 0. The van der Waals surface area contributed by atoms with Crippen molar-refractivity contribution in [1.29, 1.82) is 0 Å². The molecular formula is C19H24FN3OS.